The number of benzene rings is 1. The van der Waals surface area contributed by atoms with Crippen LogP contribution in [0.3, 0.4) is 0 Å². The third kappa shape index (κ3) is 2.58. The third-order valence-corrected chi connectivity index (χ3v) is 3.41. The molecule has 102 valence electrons. The molecular weight excluding hydrogens is 299 g/mol. The molecular formula is C10H8Cl2N2O5. The lowest BCUT2D eigenvalue weighted by Crippen LogP contribution is -2.31. The summed E-state index contributed by atoms with van der Waals surface area (Å²) in [5.74, 6) is -0.479. The number of amides is 1. The van der Waals surface area contributed by atoms with Gasteiger partial charge in [0.05, 0.1) is 10.0 Å². The minimum absolute atomic E-state index is 0.120. The normalized spacial score (nSPS) is 17.5. The second kappa shape index (κ2) is 5.20. The molecule has 1 aliphatic heterocycles. The molecule has 1 aliphatic rings. The van der Waals surface area contributed by atoms with E-state index in [1.54, 1.807) is 0 Å². The molecule has 7 nitrogen and oxygen atoms in total. The maximum absolute atomic E-state index is 12.0. The van der Waals surface area contributed by atoms with Crippen LogP contribution in [0, 0.1) is 10.1 Å². The Hall–Kier alpha value is -1.57. The first-order valence-electron chi connectivity index (χ1n) is 5.17. The summed E-state index contributed by atoms with van der Waals surface area (Å²) in [6.07, 6.45) is -1.22. The highest BCUT2D eigenvalue weighted by Gasteiger charge is 2.36. The average Bonchev–Trinajstić information content (AvgIpc) is 2.55. The molecule has 0 bridgehead atoms. The molecule has 0 saturated carbocycles. The largest absolute Gasteiger partial charge is 0.369 e. The van der Waals surface area contributed by atoms with Crippen molar-refractivity contribution in [3.63, 3.8) is 0 Å². The van der Waals surface area contributed by atoms with Crippen LogP contribution in [0.15, 0.2) is 12.1 Å². The van der Waals surface area contributed by atoms with E-state index in [0.29, 0.717) is 5.56 Å². The SMILES string of the molecule is O=C1c2cc(Cl)c(Cl)cc2C(O)N1CCO[N+](=O)[O-]. The van der Waals surface area contributed by atoms with Gasteiger partial charge < -0.3 is 14.8 Å². The monoisotopic (exact) mass is 306 g/mol. The van der Waals surface area contributed by atoms with Crippen LogP contribution in [0.4, 0.5) is 0 Å². The van der Waals surface area contributed by atoms with Crippen LogP contribution in [-0.4, -0.2) is 34.2 Å². The fourth-order valence-corrected chi connectivity index (χ4v) is 2.17. The Bertz CT molecular complexity index is 551. The molecule has 9 heteroatoms. The summed E-state index contributed by atoms with van der Waals surface area (Å²) >= 11 is 11.6. The third-order valence-electron chi connectivity index (χ3n) is 2.69. The van der Waals surface area contributed by atoms with Gasteiger partial charge in [0.25, 0.3) is 11.0 Å². The van der Waals surface area contributed by atoms with E-state index < -0.39 is 17.2 Å². The molecule has 2 rings (SSSR count). The standard InChI is InChI=1S/C10H8Cl2N2O5/c11-7-3-5-6(4-8(7)12)10(16)13(9(5)15)1-2-19-14(17)18/h3-4,9,15H,1-2H2. The van der Waals surface area contributed by atoms with E-state index in [1.807, 2.05) is 0 Å². The molecule has 1 atom stereocenters. The number of carbonyl (C=O) groups excluding carboxylic acids is 1. The molecule has 0 aliphatic carbocycles. The predicted molar refractivity (Wildman–Crippen MR) is 65.4 cm³/mol. The lowest BCUT2D eigenvalue weighted by atomic mass is 10.1. The number of hydrogen-bond acceptors (Lipinski definition) is 5. The van der Waals surface area contributed by atoms with E-state index in [9.17, 15) is 20.0 Å². The van der Waals surface area contributed by atoms with Gasteiger partial charge in [-0.2, -0.15) is 0 Å². The summed E-state index contributed by atoms with van der Waals surface area (Å²) in [6, 6.07) is 2.76. The lowest BCUT2D eigenvalue weighted by molar-refractivity contribution is -0.757. The smallest absolute Gasteiger partial charge is 0.294 e. The summed E-state index contributed by atoms with van der Waals surface area (Å²) in [6.45, 7) is -0.448. The van der Waals surface area contributed by atoms with Crippen molar-refractivity contribution in [3.8, 4) is 0 Å². The minimum atomic E-state index is -1.22. The summed E-state index contributed by atoms with van der Waals surface area (Å²) < 4.78 is 0. The number of fused-ring (bicyclic) bond motifs is 1. The molecule has 1 N–H and O–H groups in total. The molecule has 0 fully saturated rings. The number of hydrogen-bond donors (Lipinski definition) is 1. The predicted octanol–water partition coefficient (Wildman–Crippen LogP) is 1.65. The Morgan fingerprint density at radius 2 is 2.05 bits per heavy atom. The van der Waals surface area contributed by atoms with Gasteiger partial charge in [0, 0.05) is 17.7 Å². The van der Waals surface area contributed by atoms with Crippen LogP contribution in [0.5, 0.6) is 0 Å². The first-order valence-corrected chi connectivity index (χ1v) is 5.92. The quantitative estimate of drug-likeness (QED) is 0.674. The van der Waals surface area contributed by atoms with Crippen molar-refractivity contribution < 1.29 is 19.8 Å². The zero-order chi connectivity index (χ0) is 14.2. The van der Waals surface area contributed by atoms with Crippen LogP contribution < -0.4 is 0 Å². The number of halogens is 2. The fraction of sp³-hybridized carbons (Fsp3) is 0.300. The number of aliphatic hydroxyl groups excluding tert-OH is 1. The Labute approximate surface area is 117 Å². The summed E-state index contributed by atoms with van der Waals surface area (Å²) in [5, 5.41) is 19.4. The van der Waals surface area contributed by atoms with Gasteiger partial charge in [-0.05, 0) is 12.1 Å². The highest BCUT2D eigenvalue weighted by atomic mass is 35.5. The summed E-state index contributed by atoms with van der Waals surface area (Å²) in [7, 11) is 0. The van der Waals surface area contributed by atoms with E-state index in [-0.39, 0.29) is 28.8 Å². The van der Waals surface area contributed by atoms with Gasteiger partial charge >= 0.3 is 0 Å². The van der Waals surface area contributed by atoms with E-state index >= 15 is 0 Å². The number of aliphatic hydroxyl groups is 1. The zero-order valence-corrected chi connectivity index (χ0v) is 10.9. The van der Waals surface area contributed by atoms with E-state index in [2.05, 4.69) is 4.84 Å². The van der Waals surface area contributed by atoms with E-state index in [0.717, 1.165) is 4.90 Å². The molecule has 0 aromatic heterocycles. The Morgan fingerprint density at radius 1 is 1.42 bits per heavy atom. The molecule has 1 aromatic carbocycles. The van der Waals surface area contributed by atoms with Crippen molar-refractivity contribution in [3.05, 3.63) is 43.4 Å². The van der Waals surface area contributed by atoms with Crippen LogP contribution >= 0.6 is 23.2 Å². The zero-order valence-electron chi connectivity index (χ0n) is 9.38. The minimum Gasteiger partial charge on any atom is -0.369 e. The molecule has 1 aromatic rings. The highest BCUT2D eigenvalue weighted by Crippen LogP contribution is 2.36. The van der Waals surface area contributed by atoms with Gasteiger partial charge in [0.1, 0.15) is 6.61 Å². The highest BCUT2D eigenvalue weighted by molar-refractivity contribution is 6.42. The first-order chi connectivity index (χ1) is 8.91. The molecule has 1 amide bonds. The van der Waals surface area contributed by atoms with Crippen molar-refractivity contribution in [2.24, 2.45) is 0 Å². The van der Waals surface area contributed by atoms with Crippen LogP contribution in [0.25, 0.3) is 0 Å². The van der Waals surface area contributed by atoms with E-state index in [1.165, 1.54) is 12.1 Å². The van der Waals surface area contributed by atoms with Crippen molar-refractivity contribution in [1.82, 2.24) is 4.90 Å². The summed E-state index contributed by atoms with van der Waals surface area (Å²) in [4.78, 5) is 27.2. The van der Waals surface area contributed by atoms with Crippen molar-refractivity contribution >= 4 is 29.1 Å². The van der Waals surface area contributed by atoms with Gasteiger partial charge in [-0.25, -0.2) is 0 Å². The molecule has 0 saturated heterocycles. The topological polar surface area (TPSA) is 92.9 Å². The Balaban J connectivity index is 2.19. The molecule has 0 spiro atoms. The number of nitrogens with zero attached hydrogens (tertiary/aromatic N) is 2. The first kappa shape index (κ1) is 13.9. The van der Waals surface area contributed by atoms with Crippen molar-refractivity contribution in [1.29, 1.82) is 0 Å². The molecule has 1 heterocycles. The number of rotatable bonds is 4. The van der Waals surface area contributed by atoms with Gasteiger partial charge in [0.15, 0.2) is 6.23 Å². The van der Waals surface area contributed by atoms with Gasteiger partial charge in [-0.15, -0.1) is 10.1 Å². The maximum Gasteiger partial charge on any atom is 0.294 e. The molecule has 1 unspecified atom stereocenters. The second-order valence-corrected chi connectivity index (χ2v) is 4.60. The molecule has 19 heavy (non-hydrogen) atoms. The van der Waals surface area contributed by atoms with Crippen LogP contribution in [0.1, 0.15) is 22.1 Å². The van der Waals surface area contributed by atoms with Crippen LogP contribution in [-0.2, 0) is 4.84 Å². The Morgan fingerprint density at radius 3 is 2.68 bits per heavy atom. The van der Waals surface area contributed by atoms with Crippen molar-refractivity contribution in [2.45, 2.75) is 6.23 Å². The lowest BCUT2D eigenvalue weighted by Gasteiger charge is -2.19. The fourth-order valence-electron chi connectivity index (χ4n) is 1.83. The van der Waals surface area contributed by atoms with Gasteiger partial charge in [-0.3, -0.25) is 4.79 Å². The Kier molecular flexibility index (Phi) is 3.79. The molecule has 0 radical (unpaired) electrons. The van der Waals surface area contributed by atoms with Gasteiger partial charge in [-0.1, -0.05) is 23.2 Å². The van der Waals surface area contributed by atoms with Gasteiger partial charge in [0.2, 0.25) is 0 Å². The second-order valence-electron chi connectivity index (χ2n) is 3.78. The van der Waals surface area contributed by atoms with E-state index in [4.69, 9.17) is 23.2 Å². The van der Waals surface area contributed by atoms with Crippen LogP contribution in [0.2, 0.25) is 10.0 Å². The van der Waals surface area contributed by atoms with Crippen molar-refractivity contribution in [2.75, 3.05) is 13.2 Å². The number of carbonyl (C=O) groups is 1. The summed E-state index contributed by atoms with van der Waals surface area (Å²) in [5.41, 5.74) is 0.545. The maximum atomic E-state index is 12.0. The average molecular weight is 307 g/mol.